The molecule has 3 aromatic rings. The Balaban J connectivity index is 1.88. The van der Waals surface area contributed by atoms with Crippen LogP contribution in [-0.2, 0) is 0 Å². The van der Waals surface area contributed by atoms with E-state index < -0.39 is 0 Å². The van der Waals surface area contributed by atoms with Crippen molar-refractivity contribution in [2.45, 2.75) is 6.92 Å². The summed E-state index contributed by atoms with van der Waals surface area (Å²) in [4.78, 5) is 4.48. The van der Waals surface area contributed by atoms with E-state index in [-0.39, 0.29) is 5.82 Å². The molecule has 130 valence electrons. The molecular weight excluding hydrogens is 392 g/mol. The maximum absolute atomic E-state index is 13.4. The summed E-state index contributed by atoms with van der Waals surface area (Å²) >= 11 is 13.5. The number of aryl methyl sites for hydroxylation is 1. The Labute approximate surface area is 164 Å². The predicted molar refractivity (Wildman–Crippen MR) is 106 cm³/mol. The number of thiazole rings is 1. The van der Waals surface area contributed by atoms with Crippen molar-refractivity contribution in [3.05, 3.63) is 74.4 Å². The van der Waals surface area contributed by atoms with Crippen molar-refractivity contribution in [2.75, 3.05) is 5.32 Å². The molecule has 3 rings (SSSR count). The molecule has 0 saturated carbocycles. The third kappa shape index (κ3) is 4.05. The third-order valence-electron chi connectivity index (χ3n) is 3.63. The SMILES string of the molecule is Cc1ccc(F)cc1N/C=C(\C#N)c1nc(-c2ccc(Cl)cc2Cl)cs1. The number of allylic oxidation sites excluding steroid dienone is 1. The Kier molecular flexibility index (Phi) is 5.58. The second-order valence-electron chi connectivity index (χ2n) is 5.44. The van der Waals surface area contributed by atoms with Crippen molar-refractivity contribution < 1.29 is 4.39 Å². The summed E-state index contributed by atoms with van der Waals surface area (Å²) in [5, 5.41) is 15.8. The molecule has 0 aliphatic rings. The van der Waals surface area contributed by atoms with E-state index in [1.54, 1.807) is 24.3 Å². The first-order valence-electron chi connectivity index (χ1n) is 7.52. The number of nitriles is 1. The minimum Gasteiger partial charge on any atom is -0.360 e. The standard InChI is InChI=1S/C19H12Cl2FN3S/c1-11-2-4-14(22)7-17(11)24-9-12(8-23)19-25-18(10-26-19)15-5-3-13(20)6-16(15)21/h2-7,9-10,24H,1H3/b12-9+. The lowest BCUT2D eigenvalue weighted by atomic mass is 10.2. The third-order valence-corrected chi connectivity index (χ3v) is 5.06. The fourth-order valence-corrected chi connectivity index (χ4v) is 3.55. The van der Waals surface area contributed by atoms with Gasteiger partial charge < -0.3 is 5.32 Å². The van der Waals surface area contributed by atoms with Gasteiger partial charge in [0.05, 0.1) is 10.7 Å². The van der Waals surface area contributed by atoms with Crippen molar-refractivity contribution in [1.29, 1.82) is 5.26 Å². The molecule has 2 aromatic carbocycles. The summed E-state index contributed by atoms with van der Waals surface area (Å²) in [7, 11) is 0. The van der Waals surface area contributed by atoms with Gasteiger partial charge in [-0.2, -0.15) is 5.26 Å². The highest BCUT2D eigenvalue weighted by Crippen LogP contribution is 2.32. The number of hydrogen-bond acceptors (Lipinski definition) is 4. The van der Waals surface area contributed by atoms with Crippen LogP contribution in [0.25, 0.3) is 16.8 Å². The highest BCUT2D eigenvalue weighted by atomic mass is 35.5. The summed E-state index contributed by atoms with van der Waals surface area (Å²) < 4.78 is 13.4. The van der Waals surface area contributed by atoms with E-state index >= 15 is 0 Å². The Morgan fingerprint density at radius 3 is 2.81 bits per heavy atom. The van der Waals surface area contributed by atoms with Crippen LogP contribution in [0, 0.1) is 24.1 Å². The van der Waals surface area contributed by atoms with Crippen LogP contribution in [0.1, 0.15) is 10.6 Å². The highest BCUT2D eigenvalue weighted by molar-refractivity contribution is 7.11. The maximum Gasteiger partial charge on any atom is 0.136 e. The average Bonchev–Trinajstić information content (AvgIpc) is 3.08. The van der Waals surface area contributed by atoms with Crippen LogP contribution in [-0.4, -0.2) is 4.98 Å². The van der Waals surface area contributed by atoms with Crippen LogP contribution in [0.2, 0.25) is 10.0 Å². The molecule has 3 nitrogen and oxygen atoms in total. The number of hydrogen-bond donors (Lipinski definition) is 1. The molecule has 26 heavy (non-hydrogen) atoms. The van der Waals surface area contributed by atoms with Crippen LogP contribution in [0.3, 0.4) is 0 Å². The van der Waals surface area contributed by atoms with Gasteiger partial charge in [-0.05, 0) is 42.8 Å². The zero-order chi connectivity index (χ0) is 18.7. The number of halogens is 3. The first-order chi connectivity index (χ1) is 12.5. The molecule has 0 saturated heterocycles. The van der Waals surface area contributed by atoms with E-state index in [0.717, 1.165) is 11.1 Å². The molecule has 1 N–H and O–H groups in total. The van der Waals surface area contributed by atoms with Gasteiger partial charge in [0.15, 0.2) is 0 Å². The summed E-state index contributed by atoms with van der Waals surface area (Å²) in [6.07, 6.45) is 1.52. The Morgan fingerprint density at radius 2 is 2.08 bits per heavy atom. The van der Waals surface area contributed by atoms with Gasteiger partial charge in [0.1, 0.15) is 22.5 Å². The molecule has 0 aliphatic heterocycles. The van der Waals surface area contributed by atoms with Crippen LogP contribution < -0.4 is 5.32 Å². The second kappa shape index (κ2) is 7.88. The fourth-order valence-electron chi connectivity index (χ4n) is 2.26. The van der Waals surface area contributed by atoms with Gasteiger partial charge in [-0.3, -0.25) is 0 Å². The van der Waals surface area contributed by atoms with E-state index in [1.165, 1.54) is 29.7 Å². The van der Waals surface area contributed by atoms with Crippen molar-refractivity contribution in [3.63, 3.8) is 0 Å². The molecular formula is C19H12Cl2FN3S. The molecule has 0 aliphatic carbocycles. The Bertz CT molecular complexity index is 1040. The second-order valence-corrected chi connectivity index (χ2v) is 7.14. The van der Waals surface area contributed by atoms with Crippen molar-refractivity contribution in [1.82, 2.24) is 4.98 Å². The van der Waals surface area contributed by atoms with Crippen LogP contribution in [0.15, 0.2) is 48.0 Å². The molecule has 0 fully saturated rings. The molecule has 0 spiro atoms. The van der Waals surface area contributed by atoms with Gasteiger partial charge in [0.25, 0.3) is 0 Å². The van der Waals surface area contributed by atoms with E-state index in [1.807, 2.05) is 12.3 Å². The first-order valence-corrected chi connectivity index (χ1v) is 9.16. The molecule has 7 heteroatoms. The fraction of sp³-hybridized carbons (Fsp3) is 0.0526. The zero-order valence-corrected chi connectivity index (χ0v) is 15.9. The van der Waals surface area contributed by atoms with E-state index in [0.29, 0.717) is 32.0 Å². The van der Waals surface area contributed by atoms with E-state index in [2.05, 4.69) is 16.4 Å². The van der Waals surface area contributed by atoms with Crippen LogP contribution in [0.4, 0.5) is 10.1 Å². The van der Waals surface area contributed by atoms with Gasteiger partial charge in [-0.1, -0.05) is 29.3 Å². The monoisotopic (exact) mass is 403 g/mol. The summed E-state index contributed by atoms with van der Waals surface area (Å²) in [5.74, 6) is -0.348. The minimum absolute atomic E-state index is 0.343. The topological polar surface area (TPSA) is 48.7 Å². The number of nitrogens with one attached hydrogen (secondary N) is 1. The van der Waals surface area contributed by atoms with E-state index in [9.17, 15) is 9.65 Å². The maximum atomic E-state index is 13.4. The summed E-state index contributed by atoms with van der Waals surface area (Å²) in [6.45, 7) is 1.85. The van der Waals surface area contributed by atoms with Gasteiger partial charge in [-0.25, -0.2) is 9.37 Å². The number of nitrogens with zero attached hydrogens (tertiary/aromatic N) is 2. The van der Waals surface area contributed by atoms with Gasteiger partial charge in [0, 0.05) is 27.9 Å². The predicted octanol–water partition coefficient (Wildman–Crippen LogP) is 6.54. The van der Waals surface area contributed by atoms with Gasteiger partial charge >= 0.3 is 0 Å². The lowest BCUT2D eigenvalue weighted by Crippen LogP contribution is -1.94. The lowest BCUT2D eigenvalue weighted by molar-refractivity contribution is 0.628. The summed E-state index contributed by atoms with van der Waals surface area (Å²) in [6, 6.07) is 11.7. The van der Waals surface area contributed by atoms with Gasteiger partial charge in [0.2, 0.25) is 0 Å². The number of aromatic nitrogens is 1. The van der Waals surface area contributed by atoms with Gasteiger partial charge in [-0.15, -0.1) is 11.3 Å². The molecule has 0 atom stereocenters. The van der Waals surface area contributed by atoms with Crippen molar-refractivity contribution >= 4 is 45.8 Å². The average molecular weight is 404 g/mol. The summed E-state index contributed by atoms with van der Waals surface area (Å²) in [5.41, 5.74) is 3.21. The first kappa shape index (κ1) is 18.4. The van der Waals surface area contributed by atoms with E-state index in [4.69, 9.17) is 23.2 Å². The molecule has 0 bridgehead atoms. The minimum atomic E-state index is -0.348. The quantitative estimate of drug-likeness (QED) is 0.502. The molecule has 0 radical (unpaired) electrons. The highest BCUT2D eigenvalue weighted by Gasteiger charge is 2.12. The molecule has 0 unspecified atom stereocenters. The van der Waals surface area contributed by atoms with Crippen molar-refractivity contribution in [2.24, 2.45) is 0 Å². The number of anilines is 1. The van der Waals surface area contributed by atoms with Crippen molar-refractivity contribution in [3.8, 4) is 17.3 Å². The number of benzene rings is 2. The Hall–Kier alpha value is -2.39. The lowest BCUT2D eigenvalue weighted by Gasteiger charge is -2.05. The smallest absolute Gasteiger partial charge is 0.136 e. The molecule has 1 heterocycles. The molecule has 1 aromatic heterocycles. The largest absolute Gasteiger partial charge is 0.360 e. The number of rotatable bonds is 4. The van der Waals surface area contributed by atoms with Crippen LogP contribution in [0.5, 0.6) is 0 Å². The van der Waals surface area contributed by atoms with Crippen LogP contribution >= 0.6 is 34.5 Å². The molecule has 0 amide bonds. The normalized spacial score (nSPS) is 11.3. The zero-order valence-electron chi connectivity index (χ0n) is 13.6. The Morgan fingerprint density at radius 1 is 1.27 bits per heavy atom.